The molecule has 0 fully saturated rings. The summed E-state index contributed by atoms with van der Waals surface area (Å²) in [4.78, 5) is 34.6. The summed E-state index contributed by atoms with van der Waals surface area (Å²) in [6, 6.07) is 13.2. The van der Waals surface area contributed by atoms with Crippen LogP contribution in [0.5, 0.6) is 0 Å². The number of nitro benzene ring substituents is 1. The van der Waals surface area contributed by atoms with Crippen molar-refractivity contribution in [1.29, 1.82) is 0 Å². The number of nitrogens with one attached hydrogen (secondary N) is 1. The molecule has 1 amide bonds. The summed E-state index contributed by atoms with van der Waals surface area (Å²) in [5.41, 5.74) is 0.842. The number of ether oxygens (including phenoxy) is 1. The number of nitrogens with zero attached hydrogens (tertiary/aromatic N) is 1. The van der Waals surface area contributed by atoms with Gasteiger partial charge in [-0.1, -0.05) is 48.9 Å². The topological polar surface area (TPSA) is 98.5 Å². The van der Waals surface area contributed by atoms with Gasteiger partial charge in [0.1, 0.15) is 0 Å². The Kier molecular flexibility index (Phi) is 7.52. The number of hydrogen-bond acceptors (Lipinski definition) is 5. The van der Waals surface area contributed by atoms with Crippen LogP contribution in [0, 0.1) is 10.1 Å². The second-order valence-electron chi connectivity index (χ2n) is 6.23. The highest BCUT2D eigenvalue weighted by atomic mass is 35.5. The minimum Gasteiger partial charge on any atom is -0.449 e. The van der Waals surface area contributed by atoms with E-state index in [4.69, 9.17) is 16.3 Å². The number of carbonyl (C=O) groups excluding carboxylic acids is 2. The number of rotatable bonds is 8. The lowest BCUT2D eigenvalue weighted by atomic mass is 9.96. The van der Waals surface area contributed by atoms with Gasteiger partial charge in [0.2, 0.25) is 0 Å². The van der Waals surface area contributed by atoms with Crippen molar-refractivity contribution < 1.29 is 19.2 Å². The van der Waals surface area contributed by atoms with Crippen molar-refractivity contribution >= 4 is 29.2 Å². The molecule has 1 N–H and O–H groups in total. The van der Waals surface area contributed by atoms with Crippen LogP contribution in [0.4, 0.5) is 5.69 Å². The van der Waals surface area contributed by atoms with Gasteiger partial charge < -0.3 is 10.1 Å². The summed E-state index contributed by atoms with van der Waals surface area (Å²) in [5.74, 6) is -1.10. The summed E-state index contributed by atoms with van der Waals surface area (Å²) in [6.45, 7) is 3.90. The van der Waals surface area contributed by atoms with E-state index in [2.05, 4.69) is 5.32 Å². The van der Waals surface area contributed by atoms with E-state index < -0.39 is 22.9 Å². The van der Waals surface area contributed by atoms with Crippen LogP contribution in [0.25, 0.3) is 0 Å². The van der Waals surface area contributed by atoms with Crippen molar-refractivity contribution in [2.75, 3.05) is 6.54 Å². The fourth-order valence-corrected chi connectivity index (χ4v) is 2.90. The van der Waals surface area contributed by atoms with Crippen molar-refractivity contribution in [3.05, 3.63) is 74.8 Å². The van der Waals surface area contributed by atoms with E-state index in [0.29, 0.717) is 6.54 Å². The molecule has 148 valence electrons. The van der Waals surface area contributed by atoms with E-state index in [1.54, 1.807) is 0 Å². The summed E-state index contributed by atoms with van der Waals surface area (Å²) in [5, 5.41) is 13.4. The lowest BCUT2D eigenvalue weighted by Crippen LogP contribution is -2.38. The number of esters is 1. The smallest absolute Gasteiger partial charge is 0.340 e. The van der Waals surface area contributed by atoms with E-state index >= 15 is 0 Å². The Bertz CT molecular complexity index is 857. The summed E-state index contributed by atoms with van der Waals surface area (Å²) in [7, 11) is 0. The highest BCUT2D eigenvalue weighted by Crippen LogP contribution is 2.23. The Morgan fingerprint density at radius 3 is 2.46 bits per heavy atom. The van der Waals surface area contributed by atoms with Gasteiger partial charge in [-0.05, 0) is 25.0 Å². The van der Waals surface area contributed by atoms with E-state index in [0.717, 1.165) is 24.1 Å². The third-order valence-corrected chi connectivity index (χ3v) is 4.64. The summed E-state index contributed by atoms with van der Waals surface area (Å²) < 4.78 is 5.15. The van der Waals surface area contributed by atoms with Gasteiger partial charge in [-0.3, -0.25) is 14.9 Å². The molecule has 0 spiro atoms. The first kappa shape index (κ1) is 21.4. The maximum atomic E-state index is 12.3. The molecule has 0 radical (unpaired) electrons. The standard InChI is InChI=1S/C20H21ClN2O5/c1-3-14(15-7-5-4-6-8-15)12-22-19(24)13(2)28-20(25)17-10-9-16(23(26)27)11-18(17)21/h4-11,13-14H,3,12H2,1-2H3,(H,22,24)/t13-,14+/m1/s1. The number of carbonyl (C=O) groups is 2. The molecule has 0 saturated heterocycles. The van der Waals surface area contributed by atoms with E-state index in [1.807, 2.05) is 37.3 Å². The lowest BCUT2D eigenvalue weighted by molar-refractivity contribution is -0.384. The zero-order chi connectivity index (χ0) is 20.7. The van der Waals surface area contributed by atoms with Crippen molar-refractivity contribution in [1.82, 2.24) is 5.32 Å². The highest BCUT2D eigenvalue weighted by molar-refractivity contribution is 6.33. The summed E-state index contributed by atoms with van der Waals surface area (Å²) >= 11 is 5.91. The Hall–Kier alpha value is -2.93. The number of non-ortho nitro benzene ring substituents is 1. The third-order valence-electron chi connectivity index (χ3n) is 4.32. The second kappa shape index (κ2) is 9.85. The molecule has 0 aliphatic rings. The van der Waals surface area contributed by atoms with Crippen LogP contribution in [0.3, 0.4) is 0 Å². The molecular weight excluding hydrogens is 384 g/mol. The molecule has 0 heterocycles. The average Bonchev–Trinajstić information content (AvgIpc) is 2.68. The summed E-state index contributed by atoms with van der Waals surface area (Å²) in [6.07, 6.45) is -0.191. The highest BCUT2D eigenvalue weighted by Gasteiger charge is 2.22. The monoisotopic (exact) mass is 404 g/mol. The fraction of sp³-hybridized carbons (Fsp3) is 0.300. The van der Waals surface area contributed by atoms with Gasteiger partial charge in [0, 0.05) is 24.6 Å². The fourth-order valence-electron chi connectivity index (χ4n) is 2.65. The zero-order valence-electron chi connectivity index (χ0n) is 15.6. The molecule has 0 bridgehead atoms. The largest absolute Gasteiger partial charge is 0.449 e. The molecule has 2 aromatic rings. The Balaban J connectivity index is 1.94. The first-order valence-corrected chi connectivity index (χ1v) is 9.18. The number of hydrogen-bond donors (Lipinski definition) is 1. The van der Waals surface area contributed by atoms with Crippen LogP contribution in [0.2, 0.25) is 5.02 Å². The van der Waals surface area contributed by atoms with Crippen molar-refractivity contribution in [3.8, 4) is 0 Å². The van der Waals surface area contributed by atoms with Gasteiger partial charge >= 0.3 is 5.97 Å². The van der Waals surface area contributed by atoms with Crippen molar-refractivity contribution in [2.45, 2.75) is 32.3 Å². The van der Waals surface area contributed by atoms with Gasteiger partial charge in [0.15, 0.2) is 6.10 Å². The van der Waals surface area contributed by atoms with Crippen LogP contribution in [-0.2, 0) is 9.53 Å². The lowest BCUT2D eigenvalue weighted by Gasteiger charge is -2.18. The third kappa shape index (κ3) is 5.53. The molecule has 7 nitrogen and oxygen atoms in total. The zero-order valence-corrected chi connectivity index (χ0v) is 16.3. The molecule has 2 atom stereocenters. The van der Waals surface area contributed by atoms with E-state index in [-0.39, 0.29) is 22.2 Å². The number of amides is 1. The SMILES string of the molecule is CC[C@@H](CNC(=O)[C@@H](C)OC(=O)c1ccc([N+](=O)[O-])cc1Cl)c1ccccc1. The molecule has 8 heteroatoms. The molecule has 0 unspecified atom stereocenters. The number of nitro groups is 1. The van der Waals surface area contributed by atoms with E-state index in [9.17, 15) is 19.7 Å². The molecule has 28 heavy (non-hydrogen) atoms. The molecule has 2 aromatic carbocycles. The van der Waals surface area contributed by atoms with Crippen LogP contribution in [0.15, 0.2) is 48.5 Å². The van der Waals surface area contributed by atoms with Crippen LogP contribution < -0.4 is 5.32 Å². The average molecular weight is 405 g/mol. The van der Waals surface area contributed by atoms with Crippen molar-refractivity contribution in [2.24, 2.45) is 0 Å². The van der Waals surface area contributed by atoms with Gasteiger partial charge in [-0.25, -0.2) is 4.79 Å². The predicted molar refractivity (Wildman–Crippen MR) is 105 cm³/mol. The second-order valence-corrected chi connectivity index (χ2v) is 6.64. The minimum absolute atomic E-state index is 0.0392. The Labute approximate surface area is 167 Å². The van der Waals surface area contributed by atoms with Crippen LogP contribution in [-0.4, -0.2) is 29.4 Å². The first-order valence-electron chi connectivity index (χ1n) is 8.81. The van der Waals surface area contributed by atoms with Gasteiger partial charge in [-0.15, -0.1) is 0 Å². The minimum atomic E-state index is -1.04. The van der Waals surface area contributed by atoms with Gasteiger partial charge in [-0.2, -0.15) is 0 Å². The normalized spacial score (nSPS) is 12.7. The Morgan fingerprint density at radius 2 is 1.89 bits per heavy atom. The first-order chi connectivity index (χ1) is 13.3. The van der Waals surface area contributed by atoms with Gasteiger partial charge in [0.05, 0.1) is 15.5 Å². The molecular formula is C20H21ClN2O5. The van der Waals surface area contributed by atoms with Gasteiger partial charge in [0.25, 0.3) is 11.6 Å². The maximum absolute atomic E-state index is 12.3. The maximum Gasteiger partial charge on any atom is 0.340 e. The van der Waals surface area contributed by atoms with Crippen LogP contribution >= 0.6 is 11.6 Å². The molecule has 0 saturated carbocycles. The van der Waals surface area contributed by atoms with E-state index in [1.165, 1.54) is 13.0 Å². The molecule has 0 aliphatic heterocycles. The predicted octanol–water partition coefficient (Wildman–Crippen LogP) is 4.10. The quantitative estimate of drug-likeness (QED) is 0.405. The molecule has 0 aromatic heterocycles. The van der Waals surface area contributed by atoms with Crippen LogP contribution in [0.1, 0.15) is 42.1 Å². The van der Waals surface area contributed by atoms with Crippen molar-refractivity contribution in [3.63, 3.8) is 0 Å². The Morgan fingerprint density at radius 1 is 1.21 bits per heavy atom. The molecule has 2 rings (SSSR count). The number of benzene rings is 2. The number of halogens is 1. The molecule has 0 aliphatic carbocycles.